The summed E-state index contributed by atoms with van der Waals surface area (Å²) in [7, 11) is 1.65. The van der Waals surface area contributed by atoms with Crippen LogP contribution in [0.2, 0.25) is 0 Å². The van der Waals surface area contributed by atoms with Crippen molar-refractivity contribution in [3.8, 4) is 5.75 Å². The van der Waals surface area contributed by atoms with Crippen LogP contribution in [0.4, 0.5) is 14.5 Å². The third kappa shape index (κ3) is 3.77. The predicted molar refractivity (Wildman–Crippen MR) is 87.7 cm³/mol. The van der Waals surface area contributed by atoms with E-state index in [-0.39, 0.29) is 5.91 Å². The van der Waals surface area contributed by atoms with Gasteiger partial charge in [0.25, 0.3) is 5.92 Å². The van der Waals surface area contributed by atoms with Crippen LogP contribution in [0.5, 0.6) is 5.75 Å². The highest BCUT2D eigenvalue weighted by molar-refractivity contribution is 5.82. The first kappa shape index (κ1) is 17.0. The summed E-state index contributed by atoms with van der Waals surface area (Å²) in [5.74, 6) is -1.97. The lowest BCUT2D eigenvalue weighted by molar-refractivity contribution is -0.123. The lowest BCUT2D eigenvalue weighted by atomic mass is 10.1. The minimum absolute atomic E-state index is 0.306. The smallest absolute Gasteiger partial charge is 0.262 e. The first-order chi connectivity index (χ1) is 11.5. The lowest BCUT2D eigenvalue weighted by Gasteiger charge is -2.21. The van der Waals surface area contributed by atoms with E-state index >= 15 is 0 Å². The van der Waals surface area contributed by atoms with Gasteiger partial charge in [0.15, 0.2) is 0 Å². The highest BCUT2D eigenvalue weighted by Gasteiger charge is 2.42. The number of amides is 1. The Morgan fingerprint density at radius 3 is 2.96 bits per heavy atom. The van der Waals surface area contributed by atoms with E-state index < -0.39 is 24.9 Å². The Kier molecular flexibility index (Phi) is 4.89. The van der Waals surface area contributed by atoms with Crippen LogP contribution in [0, 0.1) is 5.92 Å². The summed E-state index contributed by atoms with van der Waals surface area (Å²) in [5.41, 5.74) is 1.05. The molecule has 7 heteroatoms. The number of methoxy groups -OCH3 is 1. The van der Waals surface area contributed by atoms with Crippen LogP contribution in [0.3, 0.4) is 0 Å². The van der Waals surface area contributed by atoms with E-state index in [0.717, 1.165) is 30.9 Å². The molecule has 2 fully saturated rings. The summed E-state index contributed by atoms with van der Waals surface area (Å²) in [4.78, 5) is 14.2. The van der Waals surface area contributed by atoms with Gasteiger partial charge in [-0.2, -0.15) is 0 Å². The monoisotopic (exact) mass is 339 g/mol. The topological polar surface area (TPSA) is 53.6 Å². The van der Waals surface area contributed by atoms with E-state index in [1.165, 1.54) is 0 Å². The molecule has 1 aromatic rings. The maximum Gasteiger partial charge on any atom is 0.262 e. The largest absolute Gasteiger partial charge is 0.495 e. The fourth-order valence-corrected chi connectivity index (χ4v) is 3.38. The molecule has 2 unspecified atom stereocenters. The maximum atomic E-state index is 13.1. The van der Waals surface area contributed by atoms with Gasteiger partial charge in [-0.15, -0.1) is 0 Å². The van der Waals surface area contributed by atoms with Crippen LogP contribution in [-0.4, -0.2) is 51.2 Å². The predicted octanol–water partition coefficient (Wildman–Crippen LogP) is 1.63. The maximum absolute atomic E-state index is 13.1. The molecular weight excluding hydrogens is 316 g/mol. The van der Waals surface area contributed by atoms with Gasteiger partial charge in [-0.1, -0.05) is 12.1 Å². The van der Waals surface area contributed by atoms with E-state index in [9.17, 15) is 13.6 Å². The molecule has 2 N–H and O–H groups in total. The number of nitrogens with zero attached hydrogens (tertiary/aromatic N) is 1. The normalized spacial score (nSPS) is 25.7. The molecule has 0 spiro atoms. The Bertz CT molecular complexity index is 597. The van der Waals surface area contributed by atoms with Crippen molar-refractivity contribution >= 4 is 11.6 Å². The minimum atomic E-state index is -2.78. The molecule has 2 saturated heterocycles. The first-order valence-corrected chi connectivity index (χ1v) is 8.25. The molecule has 5 nitrogen and oxygen atoms in total. The molecule has 0 saturated carbocycles. The van der Waals surface area contributed by atoms with Crippen LogP contribution in [-0.2, 0) is 4.79 Å². The van der Waals surface area contributed by atoms with Crippen molar-refractivity contribution < 1.29 is 18.3 Å². The number of hydrogen-bond acceptors (Lipinski definition) is 4. The van der Waals surface area contributed by atoms with Crippen molar-refractivity contribution in [2.45, 2.75) is 24.8 Å². The quantitative estimate of drug-likeness (QED) is 0.856. The van der Waals surface area contributed by atoms with Crippen molar-refractivity contribution in [3.05, 3.63) is 24.3 Å². The Morgan fingerprint density at radius 1 is 1.46 bits per heavy atom. The Morgan fingerprint density at radius 2 is 2.25 bits per heavy atom. The molecule has 0 aromatic heterocycles. The number of benzene rings is 1. The van der Waals surface area contributed by atoms with Crippen LogP contribution in [0.15, 0.2) is 24.3 Å². The third-order valence-corrected chi connectivity index (χ3v) is 4.70. The number of halogens is 2. The van der Waals surface area contributed by atoms with Crippen molar-refractivity contribution in [1.82, 2.24) is 10.6 Å². The summed E-state index contributed by atoms with van der Waals surface area (Å²) >= 11 is 0. The zero-order valence-electron chi connectivity index (χ0n) is 13.7. The fourth-order valence-electron chi connectivity index (χ4n) is 3.38. The summed E-state index contributed by atoms with van der Waals surface area (Å²) in [6.07, 6.45) is 0.531. The van der Waals surface area contributed by atoms with Crippen molar-refractivity contribution in [2.24, 2.45) is 5.92 Å². The zero-order valence-corrected chi connectivity index (χ0v) is 13.7. The molecule has 0 bridgehead atoms. The number of carbonyl (C=O) groups is 1. The number of alkyl halides is 2. The molecule has 2 heterocycles. The van der Waals surface area contributed by atoms with Crippen molar-refractivity contribution in [1.29, 1.82) is 0 Å². The van der Waals surface area contributed by atoms with Gasteiger partial charge in [-0.3, -0.25) is 10.1 Å². The standard InChI is InChI=1S/C17H23F2N3O2/c1-24-15-5-3-2-4-14(15)22-7-6-12(10-22)9-20-16(23)13-8-17(18,19)11-21-13/h2-5,12-13,21H,6-11H2,1H3,(H,20,23). The number of para-hydroxylation sites is 2. The first-order valence-electron chi connectivity index (χ1n) is 8.25. The zero-order chi connectivity index (χ0) is 17.2. The molecule has 1 aromatic carbocycles. The van der Waals surface area contributed by atoms with Gasteiger partial charge in [0, 0.05) is 26.1 Å². The van der Waals surface area contributed by atoms with Crippen LogP contribution in [0.1, 0.15) is 12.8 Å². The molecule has 0 aliphatic carbocycles. The summed E-state index contributed by atoms with van der Waals surface area (Å²) in [6, 6.07) is 7.06. The lowest BCUT2D eigenvalue weighted by Crippen LogP contribution is -2.42. The van der Waals surface area contributed by atoms with Crippen LogP contribution >= 0.6 is 0 Å². The fraction of sp³-hybridized carbons (Fsp3) is 0.588. The van der Waals surface area contributed by atoms with E-state index in [2.05, 4.69) is 15.5 Å². The highest BCUT2D eigenvalue weighted by atomic mass is 19.3. The molecule has 132 valence electrons. The van der Waals surface area contributed by atoms with Gasteiger partial charge in [0.05, 0.1) is 25.4 Å². The van der Waals surface area contributed by atoms with Gasteiger partial charge in [-0.05, 0) is 24.5 Å². The molecular formula is C17H23F2N3O2. The molecule has 0 radical (unpaired) electrons. The van der Waals surface area contributed by atoms with Gasteiger partial charge in [0.2, 0.25) is 5.91 Å². The second kappa shape index (κ2) is 6.93. The molecule has 2 aliphatic rings. The number of nitrogens with one attached hydrogen (secondary N) is 2. The summed E-state index contributed by atoms with van der Waals surface area (Å²) < 4.78 is 31.7. The molecule has 1 amide bonds. The average molecular weight is 339 g/mol. The number of anilines is 1. The molecule has 2 aliphatic heterocycles. The van der Waals surface area contributed by atoms with Crippen LogP contribution in [0.25, 0.3) is 0 Å². The van der Waals surface area contributed by atoms with Gasteiger partial charge in [-0.25, -0.2) is 8.78 Å². The van der Waals surface area contributed by atoms with E-state index in [1.54, 1.807) is 7.11 Å². The second-order valence-corrected chi connectivity index (χ2v) is 6.51. The highest BCUT2D eigenvalue weighted by Crippen LogP contribution is 2.31. The van der Waals surface area contributed by atoms with Gasteiger partial charge < -0.3 is 15.0 Å². The average Bonchev–Trinajstić information content (AvgIpc) is 3.19. The molecule has 2 atom stereocenters. The Hall–Kier alpha value is -1.89. The molecule has 24 heavy (non-hydrogen) atoms. The summed E-state index contributed by atoms with van der Waals surface area (Å²) in [5, 5.41) is 5.39. The number of hydrogen-bond donors (Lipinski definition) is 2. The number of ether oxygens (including phenoxy) is 1. The Labute approximate surface area is 140 Å². The number of carbonyl (C=O) groups excluding carboxylic acids is 1. The van der Waals surface area contributed by atoms with Crippen LogP contribution < -0.4 is 20.3 Å². The number of rotatable bonds is 5. The SMILES string of the molecule is COc1ccccc1N1CCC(CNC(=O)C2CC(F)(F)CN2)C1. The third-order valence-electron chi connectivity index (χ3n) is 4.70. The molecule has 3 rings (SSSR count). The van der Waals surface area contributed by atoms with Gasteiger partial charge in [0.1, 0.15) is 5.75 Å². The van der Waals surface area contributed by atoms with Crippen molar-refractivity contribution in [3.63, 3.8) is 0 Å². The van der Waals surface area contributed by atoms with Gasteiger partial charge >= 0.3 is 0 Å². The van der Waals surface area contributed by atoms with Crippen molar-refractivity contribution in [2.75, 3.05) is 38.2 Å². The minimum Gasteiger partial charge on any atom is -0.495 e. The Balaban J connectivity index is 1.49. The summed E-state index contributed by atoms with van der Waals surface area (Å²) in [6.45, 7) is 1.79. The van der Waals surface area contributed by atoms with E-state index in [0.29, 0.717) is 12.5 Å². The van der Waals surface area contributed by atoms with E-state index in [4.69, 9.17) is 4.74 Å². The van der Waals surface area contributed by atoms with E-state index in [1.807, 2.05) is 24.3 Å². The second-order valence-electron chi connectivity index (χ2n) is 6.51.